The van der Waals surface area contributed by atoms with Gasteiger partial charge in [0.1, 0.15) is 5.82 Å². The molecular formula is C13H6Cl2FNO4. The van der Waals surface area contributed by atoms with Gasteiger partial charge in [-0.05, 0) is 24.3 Å². The highest BCUT2D eigenvalue weighted by Gasteiger charge is 2.21. The van der Waals surface area contributed by atoms with Crippen molar-refractivity contribution in [3.8, 4) is 5.75 Å². The van der Waals surface area contributed by atoms with Gasteiger partial charge in [-0.1, -0.05) is 23.2 Å². The third kappa shape index (κ3) is 3.48. The first-order chi connectivity index (χ1) is 9.88. The summed E-state index contributed by atoms with van der Waals surface area (Å²) in [6, 6.07) is 6.58. The average Bonchev–Trinajstić information content (AvgIpc) is 2.37. The molecule has 0 aliphatic rings. The lowest BCUT2D eigenvalue weighted by Crippen LogP contribution is -2.10. The van der Waals surface area contributed by atoms with Crippen molar-refractivity contribution in [3.63, 3.8) is 0 Å². The molecule has 0 heterocycles. The molecule has 2 aromatic carbocycles. The number of nitro benzene ring substituents is 1. The zero-order chi connectivity index (χ0) is 15.6. The van der Waals surface area contributed by atoms with E-state index in [1.165, 1.54) is 18.2 Å². The number of rotatable bonds is 3. The molecule has 0 N–H and O–H groups in total. The molecule has 0 bridgehead atoms. The van der Waals surface area contributed by atoms with Crippen LogP contribution in [0.4, 0.5) is 10.1 Å². The molecular weight excluding hydrogens is 324 g/mol. The summed E-state index contributed by atoms with van der Waals surface area (Å²) in [5, 5.41) is 11.1. The number of nitro groups is 1. The first-order valence-electron chi connectivity index (χ1n) is 5.49. The van der Waals surface area contributed by atoms with Crippen molar-refractivity contribution in [2.24, 2.45) is 0 Å². The highest BCUT2D eigenvalue weighted by molar-refractivity contribution is 6.36. The summed E-state index contributed by atoms with van der Waals surface area (Å²) in [6.07, 6.45) is 0. The van der Waals surface area contributed by atoms with Crippen molar-refractivity contribution in [2.45, 2.75) is 0 Å². The maximum Gasteiger partial charge on any atom is 0.345 e. The van der Waals surface area contributed by atoms with Gasteiger partial charge < -0.3 is 4.74 Å². The fraction of sp³-hybridized carbons (Fsp3) is 0. The van der Waals surface area contributed by atoms with E-state index in [2.05, 4.69) is 0 Å². The number of hydrogen-bond donors (Lipinski definition) is 0. The quantitative estimate of drug-likeness (QED) is 0.365. The molecule has 0 atom stereocenters. The van der Waals surface area contributed by atoms with Crippen LogP contribution in [0, 0.1) is 15.9 Å². The Hall–Kier alpha value is -2.18. The number of ether oxygens (including phenoxy) is 1. The number of nitrogens with zero attached hydrogens (tertiary/aromatic N) is 1. The molecule has 0 saturated heterocycles. The molecule has 0 unspecified atom stereocenters. The molecule has 0 saturated carbocycles. The second-order valence-electron chi connectivity index (χ2n) is 3.88. The summed E-state index contributed by atoms with van der Waals surface area (Å²) in [6.45, 7) is 0. The maximum atomic E-state index is 13.1. The van der Waals surface area contributed by atoms with Crippen LogP contribution in [-0.2, 0) is 0 Å². The van der Waals surface area contributed by atoms with E-state index in [0.717, 1.165) is 18.2 Å². The Kier molecular flexibility index (Phi) is 4.40. The second-order valence-corrected chi connectivity index (χ2v) is 4.73. The predicted molar refractivity (Wildman–Crippen MR) is 74.5 cm³/mol. The van der Waals surface area contributed by atoms with Crippen LogP contribution in [0.15, 0.2) is 36.4 Å². The first kappa shape index (κ1) is 15.2. The van der Waals surface area contributed by atoms with Crippen LogP contribution < -0.4 is 4.74 Å². The molecule has 0 aromatic heterocycles. The number of carbonyl (C=O) groups excluding carboxylic acids is 1. The Balaban J connectivity index is 2.35. The number of benzene rings is 2. The summed E-state index contributed by atoms with van der Waals surface area (Å²) >= 11 is 11.5. The van der Waals surface area contributed by atoms with Crippen molar-refractivity contribution in [1.82, 2.24) is 0 Å². The van der Waals surface area contributed by atoms with Crippen molar-refractivity contribution in [3.05, 3.63) is 67.9 Å². The topological polar surface area (TPSA) is 69.4 Å². The lowest BCUT2D eigenvalue weighted by Gasteiger charge is -2.06. The molecule has 0 aliphatic carbocycles. The standard InChI is InChI=1S/C13H6Cl2FNO4/c14-7-1-3-9(10(15)5-7)13(18)21-12-6-8(16)2-4-11(12)17(19)20/h1-6H. The Morgan fingerprint density at radius 2 is 1.90 bits per heavy atom. The van der Waals surface area contributed by atoms with Crippen LogP contribution >= 0.6 is 23.2 Å². The minimum absolute atomic E-state index is 0.0200. The van der Waals surface area contributed by atoms with Gasteiger partial charge in [-0.2, -0.15) is 0 Å². The largest absolute Gasteiger partial charge is 0.415 e. The molecule has 8 heteroatoms. The number of carbonyl (C=O) groups is 1. The van der Waals surface area contributed by atoms with Crippen LogP contribution in [0.5, 0.6) is 5.75 Å². The van der Waals surface area contributed by atoms with E-state index < -0.39 is 28.1 Å². The normalized spacial score (nSPS) is 10.2. The van der Waals surface area contributed by atoms with Gasteiger partial charge >= 0.3 is 11.7 Å². The van der Waals surface area contributed by atoms with E-state index in [0.29, 0.717) is 5.02 Å². The smallest absolute Gasteiger partial charge is 0.345 e. The van der Waals surface area contributed by atoms with E-state index in [4.69, 9.17) is 27.9 Å². The lowest BCUT2D eigenvalue weighted by atomic mass is 10.2. The SMILES string of the molecule is O=C(Oc1cc(F)ccc1[N+](=O)[O-])c1ccc(Cl)cc1Cl. The van der Waals surface area contributed by atoms with Gasteiger partial charge in [0.25, 0.3) is 0 Å². The monoisotopic (exact) mass is 329 g/mol. The predicted octanol–water partition coefficient (Wildman–Crippen LogP) is 4.26. The zero-order valence-corrected chi connectivity index (χ0v) is 11.7. The van der Waals surface area contributed by atoms with Gasteiger partial charge in [-0.3, -0.25) is 10.1 Å². The lowest BCUT2D eigenvalue weighted by molar-refractivity contribution is -0.385. The van der Waals surface area contributed by atoms with E-state index in [1.807, 2.05) is 0 Å². The van der Waals surface area contributed by atoms with E-state index in [1.54, 1.807) is 0 Å². The van der Waals surface area contributed by atoms with Gasteiger partial charge in [0.05, 0.1) is 15.5 Å². The molecule has 0 amide bonds. The average molecular weight is 330 g/mol. The van der Waals surface area contributed by atoms with Crippen molar-refractivity contribution >= 4 is 34.9 Å². The molecule has 0 fully saturated rings. The van der Waals surface area contributed by atoms with Crippen LogP contribution in [0.25, 0.3) is 0 Å². The highest BCUT2D eigenvalue weighted by Crippen LogP contribution is 2.29. The fourth-order valence-electron chi connectivity index (χ4n) is 1.53. The molecule has 0 radical (unpaired) electrons. The van der Waals surface area contributed by atoms with Crippen molar-refractivity contribution in [2.75, 3.05) is 0 Å². The van der Waals surface area contributed by atoms with Crippen LogP contribution in [0.2, 0.25) is 10.0 Å². The summed E-state index contributed by atoms with van der Waals surface area (Å²) in [5.74, 6) is -2.23. The molecule has 2 aromatic rings. The first-order valence-corrected chi connectivity index (χ1v) is 6.25. The number of hydrogen-bond acceptors (Lipinski definition) is 4. The van der Waals surface area contributed by atoms with Gasteiger partial charge in [-0.15, -0.1) is 0 Å². The van der Waals surface area contributed by atoms with E-state index in [-0.39, 0.29) is 10.6 Å². The molecule has 5 nitrogen and oxygen atoms in total. The van der Waals surface area contributed by atoms with Crippen LogP contribution in [0.3, 0.4) is 0 Å². The third-order valence-electron chi connectivity index (χ3n) is 2.47. The minimum atomic E-state index is -0.953. The van der Waals surface area contributed by atoms with E-state index >= 15 is 0 Å². The van der Waals surface area contributed by atoms with Gasteiger partial charge in [0, 0.05) is 17.2 Å². The van der Waals surface area contributed by atoms with Gasteiger partial charge in [0.15, 0.2) is 0 Å². The highest BCUT2D eigenvalue weighted by atomic mass is 35.5. The van der Waals surface area contributed by atoms with Gasteiger partial charge in [-0.25, -0.2) is 9.18 Å². The Morgan fingerprint density at radius 1 is 1.19 bits per heavy atom. The van der Waals surface area contributed by atoms with E-state index in [9.17, 15) is 19.3 Å². The maximum absolute atomic E-state index is 13.1. The molecule has 0 spiro atoms. The molecule has 2 rings (SSSR count). The Bertz CT molecular complexity index is 736. The molecule has 21 heavy (non-hydrogen) atoms. The summed E-state index contributed by atoms with van der Waals surface area (Å²) in [4.78, 5) is 22.0. The second kappa shape index (κ2) is 6.07. The Labute approximate surface area is 128 Å². The fourth-order valence-corrected chi connectivity index (χ4v) is 2.02. The van der Waals surface area contributed by atoms with Crippen LogP contribution in [-0.4, -0.2) is 10.9 Å². The number of halogens is 3. The van der Waals surface area contributed by atoms with Crippen molar-refractivity contribution < 1.29 is 18.8 Å². The summed E-state index contributed by atoms with van der Waals surface area (Å²) in [7, 11) is 0. The molecule has 0 aliphatic heterocycles. The van der Waals surface area contributed by atoms with Gasteiger partial charge in [0.2, 0.25) is 5.75 Å². The zero-order valence-electron chi connectivity index (χ0n) is 10.2. The van der Waals surface area contributed by atoms with Crippen molar-refractivity contribution in [1.29, 1.82) is 0 Å². The summed E-state index contributed by atoms with van der Waals surface area (Å²) in [5.41, 5.74) is -0.575. The van der Waals surface area contributed by atoms with Crippen LogP contribution in [0.1, 0.15) is 10.4 Å². The Morgan fingerprint density at radius 3 is 2.52 bits per heavy atom. The number of esters is 1. The molecule has 108 valence electrons. The minimum Gasteiger partial charge on any atom is -0.415 e. The summed E-state index contributed by atoms with van der Waals surface area (Å²) < 4.78 is 18.0. The third-order valence-corrected chi connectivity index (χ3v) is 3.02.